The van der Waals surface area contributed by atoms with Gasteiger partial charge in [0, 0.05) is 12.1 Å². The van der Waals surface area contributed by atoms with E-state index in [4.69, 9.17) is 5.26 Å². The van der Waals surface area contributed by atoms with Crippen LogP contribution in [0.15, 0.2) is 53.6 Å². The van der Waals surface area contributed by atoms with Crippen molar-refractivity contribution in [3.63, 3.8) is 0 Å². The third-order valence-corrected chi connectivity index (χ3v) is 2.84. The Hall–Kier alpha value is -3.20. The van der Waals surface area contributed by atoms with Crippen LogP contribution in [0.3, 0.4) is 0 Å². The molecular weight excluding hydrogens is 268 g/mol. The lowest BCUT2D eigenvalue weighted by Gasteiger charge is -2.03. The zero-order valence-corrected chi connectivity index (χ0v) is 11.3. The summed E-state index contributed by atoms with van der Waals surface area (Å²) in [6.45, 7) is 1.81. The van der Waals surface area contributed by atoms with Crippen molar-refractivity contribution < 1.29 is 4.92 Å². The first-order chi connectivity index (χ1) is 10.1. The summed E-state index contributed by atoms with van der Waals surface area (Å²) < 4.78 is 0. The van der Waals surface area contributed by atoms with Gasteiger partial charge < -0.3 is 0 Å². The molecule has 0 aliphatic heterocycles. The van der Waals surface area contributed by atoms with Crippen LogP contribution in [-0.4, -0.2) is 10.6 Å². The van der Waals surface area contributed by atoms with Crippen LogP contribution in [0, 0.1) is 21.4 Å². The van der Waals surface area contributed by atoms with E-state index >= 15 is 0 Å². The van der Waals surface area contributed by atoms with Gasteiger partial charge in [-0.15, -0.1) is 0 Å². The molecule has 0 saturated carbocycles. The number of rotatable bonds is 4. The summed E-state index contributed by atoms with van der Waals surface area (Å²) in [7, 11) is 0. The third-order valence-electron chi connectivity index (χ3n) is 2.84. The van der Waals surface area contributed by atoms with Crippen LogP contribution >= 0.6 is 0 Å². The molecule has 0 aliphatic rings. The average molecular weight is 280 g/mol. The molecule has 2 aromatic carbocycles. The molecule has 2 rings (SSSR count). The number of nitro benzene ring substituents is 1. The van der Waals surface area contributed by atoms with E-state index < -0.39 is 4.92 Å². The van der Waals surface area contributed by atoms with Crippen molar-refractivity contribution in [1.82, 2.24) is 0 Å². The van der Waals surface area contributed by atoms with Gasteiger partial charge in [0.2, 0.25) is 0 Å². The van der Waals surface area contributed by atoms with Gasteiger partial charge >= 0.3 is 0 Å². The fourth-order valence-electron chi connectivity index (χ4n) is 1.69. The lowest BCUT2D eigenvalue weighted by molar-refractivity contribution is -0.384. The highest BCUT2D eigenvalue weighted by molar-refractivity contribution is 5.99. The number of benzene rings is 2. The second kappa shape index (κ2) is 6.30. The zero-order chi connectivity index (χ0) is 15.2. The quantitative estimate of drug-likeness (QED) is 0.528. The number of nitrogens with one attached hydrogen (secondary N) is 1. The first-order valence-corrected chi connectivity index (χ1v) is 6.15. The lowest BCUT2D eigenvalue weighted by atomic mass is 10.1. The molecule has 6 heteroatoms. The van der Waals surface area contributed by atoms with Crippen molar-refractivity contribution in [3.8, 4) is 6.07 Å². The summed E-state index contributed by atoms with van der Waals surface area (Å²) in [5, 5.41) is 23.6. The molecule has 0 heterocycles. The molecule has 0 radical (unpaired) electrons. The molecule has 0 unspecified atom stereocenters. The summed E-state index contributed by atoms with van der Waals surface area (Å²) in [6, 6.07) is 15.2. The van der Waals surface area contributed by atoms with Gasteiger partial charge in [0.15, 0.2) is 0 Å². The summed E-state index contributed by atoms with van der Waals surface area (Å²) in [5.74, 6) is 0. The van der Waals surface area contributed by atoms with Crippen LogP contribution in [0.1, 0.15) is 18.1 Å². The van der Waals surface area contributed by atoms with E-state index in [0.29, 0.717) is 17.0 Å². The van der Waals surface area contributed by atoms with Gasteiger partial charge in [0.25, 0.3) is 5.69 Å². The maximum absolute atomic E-state index is 10.7. The highest BCUT2D eigenvalue weighted by Gasteiger charge is 2.05. The predicted molar refractivity (Wildman–Crippen MR) is 80.1 cm³/mol. The third kappa shape index (κ3) is 3.64. The number of anilines is 1. The van der Waals surface area contributed by atoms with Crippen LogP contribution < -0.4 is 5.43 Å². The summed E-state index contributed by atoms with van der Waals surface area (Å²) in [6.07, 6.45) is 0. The standard InChI is InChI=1S/C15H12N4O2/c1-11(13-7-5-12(10-16)6-8-13)17-18-14-3-2-4-15(9-14)19(20)21/h2-9,18H,1H3/b17-11+. The van der Waals surface area contributed by atoms with E-state index in [9.17, 15) is 10.1 Å². The number of hydrogen-bond donors (Lipinski definition) is 1. The molecule has 21 heavy (non-hydrogen) atoms. The van der Waals surface area contributed by atoms with Gasteiger partial charge in [-0.1, -0.05) is 18.2 Å². The molecule has 0 aliphatic carbocycles. The van der Waals surface area contributed by atoms with E-state index in [1.807, 2.05) is 13.0 Å². The normalized spacial score (nSPS) is 10.8. The maximum Gasteiger partial charge on any atom is 0.271 e. The van der Waals surface area contributed by atoms with E-state index in [2.05, 4.69) is 10.5 Å². The molecule has 0 amide bonds. The fourth-order valence-corrected chi connectivity index (χ4v) is 1.69. The predicted octanol–water partition coefficient (Wildman–Crippen LogP) is 3.30. The molecule has 0 fully saturated rings. The molecule has 0 atom stereocenters. The van der Waals surface area contributed by atoms with Gasteiger partial charge in [-0.05, 0) is 30.7 Å². The second-order valence-corrected chi connectivity index (χ2v) is 4.31. The molecule has 104 valence electrons. The van der Waals surface area contributed by atoms with Crippen LogP contribution in [0.2, 0.25) is 0 Å². The Labute approximate surface area is 121 Å². The van der Waals surface area contributed by atoms with Crippen molar-refractivity contribution in [2.24, 2.45) is 5.10 Å². The number of nitro groups is 1. The van der Waals surface area contributed by atoms with Crippen molar-refractivity contribution in [1.29, 1.82) is 5.26 Å². The van der Waals surface area contributed by atoms with Gasteiger partial charge in [-0.2, -0.15) is 10.4 Å². The number of nitrogens with zero attached hydrogens (tertiary/aromatic N) is 3. The first kappa shape index (κ1) is 14.2. The van der Waals surface area contributed by atoms with E-state index in [0.717, 1.165) is 5.56 Å². The Balaban J connectivity index is 2.14. The molecule has 1 N–H and O–H groups in total. The van der Waals surface area contributed by atoms with Gasteiger partial charge in [-0.3, -0.25) is 15.5 Å². The number of hydrazone groups is 1. The van der Waals surface area contributed by atoms with Crippen LogP contribution in [0.4, 0.5) is 11.4 Å². The monoisotopic (exact) mass is 280 g/mol. The van der Waals surface area contributed by atoms with E-state index in [1.54, 1.807) is 36.4 Å². The molecule has 6 nitrogen and oxygen atoms in total. The van der Waals surface area contributed by atoms with Crippen LogP contribution in [-0.2, 0) is 0 Å². The molecule has 0 spiro atoms. The van der Waals surface area contributed by atoms with Crippen molar-refractivity contribution in [2.45, 2.75) is 6.92 Å². The van der Waals surface area contributed by atoms with Gasteiger partial charge in [0.05, 0.1) is 28.0 Å². The Bertz CT molecular complexity index is 730. The zero-order valence-electron chi connectivity index (χ0n) is 11.3. The first-order valence-electron chi connectivity index (χ1n) is 6.15. The second-order valence-electron chi connectivity index (χ2n) is 4.31. The lowest BCUT2D eigenvalue weighted by Crippen LogP contribution is -2.00. The minimum absolute atomic E-state index is 0.00576. The van der Waals surface area contributed by atoms with Gasteiger partial charge in [0.1, 0.15) is 0 Å². The number of nitriles is 1. The average Bonchev–Trinajstić information content (AvgIpc) is 2.53. The fraction of sp³-hybridized carbons (Fsp3) is 0.0667. The molecule has 2 aromatic rings. The molecular formula is C15H12N4O2. The SMILES string of the molecule is C/C(=N\Nc1cccc([N+](=O)[O-])c1)c1ccc(C#N)cc1. The molecule has 0 bridgehead atoms. The largest absolute Gasteiger partial charge is 0.278 e. The summed E-state index contributed by atoms with van der Waals surface area (Å²) >= 11 is 0. The van der Waals surface area contributed by atoms with Crippen molar-refractivity contribution >= 4 is 17.1 Å². The van der Waals surface area contributed by atoms with Crippen LogP contribution in [0.25, 0.3) is 0 Å². The number of hydrogen-bond acceptors (Lipinski definition) is 5. The Morgan fingerprint density at radius 3 is 2.62 bits per heavy atom. The summed E-state index contributed by atoms with van der Waals surface area (Å²) in [4.78, 5) is 10.2. The highest BCUT2D eigenvalue weighted by Crippen LogP contribution is 2.17. The maximum atomic E-state index is 10.7. The van der Waals surface area contributed by atoms with E-state index in [-0.39, 0.29) is 5.69 Å². The van der Waals surface area contributed by atoms with Crippen LogP contribution in [0.5, 0.6) is 0 Å². The Kier molecular flexibility index (Phi) is 4.26. The minimum atomic E-state index is -0.456. The topological polar surface area (TPSA) is 91.3 Å². The van der Waals surface area contributed by atoms with Gasteiger partial charge in [-0.25, -0.2) is 0 Å². The Morgan fingerprint density at radius 2 is 2.00 bits per heavy atom. The van der Waals surface area contributed by atoms with Crippen molar-refractivity contribution in [3.05, 3.63) is 69.8 Å². The molecule has 0 aromatic heterocycles. The van der Waals surface area contributed by atoms with Crippen molar-refractivity contribution in [2.75, 3.05) is 5.43 Å². The Morgan fingerprint density at radius 1 is 1.29 bits per heavy atom. The smallest absolute Gasteiger partial charge is 0.271 e. The van der Waals surface area contributed by atoms with E-state index in [1.165, 1.54) is 12.1 Å². The summed E-state index contributed by atoms with van der Waals surface area (Å²) in [5.41, 5.74) is 5.49. The minimum Gasteiger partial charge on any atom is -0.278 e. The number of non-ortho nitro benzene ring substituents is 1. The molecule has 0 saturated heterocycles. The highest BCUT2D eigenvalue weighted by atomic mass is 16.6.